The Morgan fingerprint density at radius 1 is 0.964 bits per heavy atom. The van der Waals surface area contributed by atoms with Crippen LogP contribution in [0, 0.1) is 5.82 Å². The van der Waals surface area contributed by atoms with E-state index in [-0.39, 0.29) is 5.82 Å². The Hall–Kier alpha value is -3.00. The lowest BCUT2D eigenvalue weighted by atomic mass is 9.98. The maximum atomic E-state index is 13.4. The van der Waals surface area contributed by atoms with Gasteiger partial charge in [-0.05, 0) is 31.0 Å². The van der Waals surface area contributed by atoms with Crippen LogP contribution in [0.15, 0.2) is 49.1 Å². The van der Waals surface area contributed by atoms with Crippen molar-refractivity contribution in [1.29, 1.82) is 0 Å². The Morgan fingerprint density at radius 2 is 1.86 bits per heavy atom. The number of hydrogen-bond donors (Lipinski definition) is 0. The van der Waals surface area contributed by atoms with Crippen molar-refractivity contribution < 1.29 is 4.39 Å². The van der Waals surface area contributed by atoms with Gasteiger partial charge in [0.1, 0.15) is 11.5 Å². The van der Waals surface area contributed by atoms with E-state index >= 15 is 0 Å². The fourth-order valence-corrected chi connectivity index (χ4v) is 4.61. The number of nitrogens with zero attached hydrogens (tertiary/aromatic N) is 6. The topological polar surface area (TPSA) is 67.7 Å². The normalized spacial score (nSPS) is 15.2. The molecule has 0 unspecified atom stereocenters. The molecular weight excluding hydrogens is 375 g/mol. The standard InChI is InChI=1S/C20H17FN6S/c21-14-1-2-18-16(11-14)25-19(28-18)13-4-9-27(10-5-13)20-24-6-3-15(26-20)17-12-22-7-8-23-17/h1-3,6-8,11-13H,4-5,9-10H2. The minimum absolute atomic E-state index is 0.237. The first-order valence-electron chi connectivity index (χ1n) is 9.16. The summed E-state index contributed by atoms with van der Waals surface area (Å²) < 4.78 is 14.5. The van der Waals surface area contributed by atoms with Crippen molar-refractivity contribution in [2.24, 2.45) is 0 Å². The smallest absolute Gasteiger partial charge is 0.225 e. The van der Waals surface area contributed by atoms with Crippen molar-refractivity contribution in [2.45, 2.75) is 18.8 Å². The minimum Gasteiger partial charge on any atom is -0.341 e. The fraction of sp³-hybridized carbons (Fsp3) is 0.250. The zero-order valence-electron chi connectivity index (χ0n) is 15.0. The molecule has 0 amide bonds. The predicted octanol–water partition coefficient (Wildman–Crippen LogP) is 4.07. The lowest BCUT2D eigenvalue weighted by molar-refractivity contribution is 0.498. The van der Waals surface area contributed by atoms with Gasteiger partial charge < -0.3 is 4.90 Å². The first-order chi connectivity index (χ1) is 13.8. The van der Waals surface area contributed by atoms with Crippen molar-refractivity contribution in [3.05, 3.63) is 59.9 Å². The van der Waals surface area contributed by atoms with Gasteiger partial charge in [0.15, 0.2) is 0 Å². The summed E-state index contributed by atoms with van der Waals surface area (Å²) in [6, 6.07) is 6.66. The van der Waals surface area contributed by atoms with Gasteiger partial charge in [0, 0.05) is 43.7 Å². The lowest BCUT2D eigenvalue weighted by Crippen LogP contribution is -2.34. The summed E-state index contributed by atoms with van der Waals surface area (Å²) in [6.45, 7) is 1.72. The maximum Gasteiger partial charge on any atom is 0.225 e. The van der Waals surface area contributed by atoms with Crippen LogP contribution < -0.4 is 4.90 Å². The van der Waals surface area contributed by atoms with Crippen LogP contribution in [0.5, 0.6) is 0 Å². The summed E-state index contributed by atoms with van der Waals surface area (Å²) in [5.74, 6) is 0.868. The molecule has 0 radical (unpaired) electrons. The van der Waals surface area contributed by atoms with Gasteiger partial charge in [-0.25, -0.2) is 19.3 Å². The summed E-state index contributed by atoms with van der Waals surface area (Å²) in [5, 5.41) is 1.09. The molecule has 1 aliphatic rings. The molecule has 0 saturated carbocycles. The highest BCUT2D eigenvalue weighted by molar-refractivity contribution is 7.18. The number of hydrogen-bond acceptors (Lipinski definition) is 7. The van der Waals surface area contributed by atoms with Gasteiger partial charge in [-0.15, -0.1) is 11.3 Å². The molecule has 5 rings (SSSR count). The average Bonchev–Trinajstić information content (AvgIpc) is 3.18. The second kappa shape index (κ2) is 7.20. The van der Waals surface area contributed by atoms with Crippen LogP contribution in [0.25, 0.3) is 21.6 Å². The molecule has 8 heteroatoms. The number of fused-ring (bicyclic) bond motifs is 1. The summed E-state index contributed by atoms with van der Waals surface area (Å²) in [6.07, 6.45) is 8.72. The number of halogens is 1. The average molecular weight is 392 g/mol. The summed E-state index contributed by atoms with van der Waals surface area (Å²) in [7, 11) is 0. The second-order valence-corrected chi connectivity index (χ2v) is 7.82. The van der Waals surface area contributed by atoms with Crippen molar-refractivity contribution in [3.63, 3.8) is 0 Å². The van der Waals surface area contributed by atoms with Crippen LogP contribution in [0.1, 0.15) is 23.8 Å². The number of thiazole rings is 1. The van der Waals surface area contributed by atoms with E-state index in [0.29, 0.717) is 11.9 Å². The molecule has 140 valence electrons. The zero-order chi connectivity index (χ0) is 18.9. The van der Waals surface area contributed by atoms with E-state index in [0.717, 1.165) is 52.5 Å². The second-order valence-electron chi connectivity index (χ2n) is 6.76. The molecule has 1 saturated heterocycles. The molecule has 0 N–H and O–H groups in total. The molecule has 0 bridgehead atoms. The molecule has 0 spiro atoms. The Labute approximate surface area is 165 Å². The number of piperidine rings is 1. The molecular formula is C20H17FN6S. The van der Waals surface area contributed by atoms with Gasteiger partial charge in [-0.1, -0.05) is 0 Å². The monoisotopic (exact) mass is 392 g/mol. The third-order valence-electron chi connectivity index (χ3n) is 4.96. The molecule has 6 nitrogen and oxygen atoms in total. The Kier molecular flexibility index (Phi) is 4.40. The molecule has 28 heavy (non-hydrogen) atoms. The van der Waals surface area contributed by atoms with Gasteiger partial charge >= 0.3 is 0 Å². The molecule has 4 aromatic rings. The number of anilines is 1. The molecule has 1 aliphatic heterocycles. The van der Waals surface area contributed by atoms with E-state index < -0.39 is 0 Å². The van der Waals surface area contributed by atoms with Crippen molar-refractivity contribution in [3.8, 4) is 11.4 Å². The van der Waals surface area contributed by atoms with E-state index in [1.807, 2.05) is 12.1 Å². The highest BCUT2D eigenvalue weighted by Crippen LogP contribution is 2.34. The number of aromatic nitrogens is 5. The maximum absolute atomic E-state index is 13.4. The highest BCUT2D eigenvalue weighted by atomic mass is 32.1. The van der Waals surface area contributed by atoms with Gasteiger partial charge in [-0.3, -0.25) is 9.97 Å². The molecule has 4 heterocycles. The van der Waals surface area contributed by atoms with Crippen molar-refractivity contribution >= 4 is 27.5 Å². The van der Waals surface area contributed by atoms with Gasteiger partial charge in [-0.2, -0.15) is 0 Å². The molecule has 0 aliphatic carbocycles. The van der Waals surface area contributed by atoms with Crippen molar-refractivity contribution in [2.75, 3.05) is 18.0 Å². The third-order valence-corrected chi connectivity index (χ3v) is 6.16. The molecule has 1 aromatic carbocycles. The van der Waals surface area contributed by atoms with E-state index in [4.69, 9.17) is 0 Å². The van der Waals surface area contributed by atoms with Gasteiger partial charge in [0.25, 0.3) is 0 Å². The van der Waals surface area contributed by atoms with Gasteiger partial charge in [0.05, 0.1) is 27.1 Å². The minimum atomic E-state index is -0.237. The Bertz CT molecular complexity index is 1110. The van der Waals surface area contributed by atoms with Crippen LogP contribution >= 0.6 is 11.3 Å². The summed E-state index contributed by atoms with van der Waals surface area (Å²) in [4.78, 5) is 24.4. The Balaban J connectivity index is 1.31. The van der Waals surface area contributed by atoms with E-state index in [1.165, 1.54) is 12.1 Å². The Morgan fingerprint density at radius 3 is 2.68 bits per heavy atom. The predicted molar refractivity (Wildman–Crippen MR) is 107 cm³/mol. The van der Waals surface area contributed by atoms with Crippen LogP contribution in [-0.2, 0) is 0 Å². The van der Waals surface area contributed by atoms with Crippen LogP contribution in [0.2, 0.25) is 0 Å². The zero-order valence-corrected chi connectivity index (χ0v) is 15.8. The fourth-order valence-electron chi connectivity index (χ4n) is 3.49. The summed E-state index contributed by atoms with van der Waals surface area (Å²) >= 11 is 1.67. The largest absolute Gasteiger partial charge is 0.341 e. The highest BCUT2D eigenvalue weighted by Gasteiger charge is 2.25. The van der Waals surface area contributed by atoms with E-state index in [9.17, 15) is 4.39 Å². The summed E-state index contributed by atoms with van der Waals surface area (Å²) in [5.41, 5.74) is 2.26. The van der Waals surface area contributed by atoms with Crippen LogP contribution in [0.4, 0.5) is 10.3 Å². The molecule has 0 atom stereocenters. The van der Waals surface area contributed by atoms with Crippen molar-refractivity contribution in [1.82, 2.24) is 24.9 Å². The number of rotatable bonds is 3. The number of benzene rings is 1. The van der Waals surface area contributed by atoms with Crippen LogP contribution in [0.3, 0.4) is 0 Å². The molecule has 3 aromatic heterocycles. The van der Waals surface area contributed by atoms with Crippen LogP contribution in [-0.4, -0.2) is 38.0 Å². The first-order valence-corrected chi connectivity index (χ1v) is 9.98. The van der Waals surface area contributed by atoms with Gasteiger partial charge in [0.2, 0.25) is 5.95 Å². The lowest BCUT2D eigenvalue weighted by Gasteiger charge is -2.31. The third kappa shape index (κ3) is 3.31. The van der Waals surface area contributed by atoms with E-state index in [2.05, 4.69) is 29.8 Å². The SMILES string of the molecule is Fc1ccc2sc(C3CCN(c4nccc(-c5cnccn5)n4)CC3)nc2c1. The first kappa shape index (κ1) is 17.1. The van der Waals surface area contributed by atoms with E-state index in [1.54, 1.807) is 36.1 Å². The quantitative estimate of drug-likeness (QED) is 0.524. The molecule has 1 fully saturated rings.